The van der Waals surface area contributed by atoms with E-state index in [2.05, 4.69) is 4.99 Å². The lowest BCUT2D eigenvalue weighted by Gasteiger charge is -2.11. The second-order valence-electron chi connectivity index (χ2n) is 1.87. The lowest BCUT2D eigenvalue weighted by molar-refractivity contribution is -0.117. The number of allylic oxidation sites excluding steroid dienone is 1. The number of dihydropyridines is 1. The zero-order valence-corrected chi connectivity index (χ0v) is 6.66. The standard InChI is InChI=1S/C5H3Cl2FN2O/c6-1-3(9)2(7)5(11)10-4(1)8/h2H,9H2. The van der Waals surface area contributed by atoms with E-state index in [4.69, 9.17) is 28.9 Å². The van der Waals surface area contributed by atoms with Crippen LogP contribution in [0.5, 0.6) is 0 Å². The van der Waals surface area contributed by atoms with Gasteiger partial charge >= 0.3 is 0 Å². The van der Waals surface area contributed by atoms with Crippen LogP contribution in [0.25, 0.3) is 0 Å². The predicted molar refractivity (Wildman–Crippen MR) is 40.3 cm³/mol. The molecule has 60 valence electrons. The molecule has 0 radical (unpaired) electrons. The zero-order valence-electron chi connectivity index (χ0n) is 5.14. The molecular weight excluding hydrogens is 194 g/mol. The number of aliphatic imine (C=N–C) groups is 1. The number of hydrogen-bond acceptors (Lipinski definition) is 2. The Labute approximate surface area is 71.7 Å². The Bertz CT molecular complexity index is 274. The Morgan fingerprint density at radius 2 is 2.18 bits per heavy atom. The van der Waals surface area contributed by atoms with E-state index in [-0.39, 0.29) is 10.7 Å². The van der Waals surface area contributed by atoms with Crippen molar-refractivity contribution in [3.63, 3.8) is 0 Å². The van der Waals surface area contributed by atoms with E-state index in [0.29, 0.717) is 0 Å². The molecular formula is C5H3Cl2FN2O. The maximum atomic E-state index is 12.5. The molecule has 0 fully saturated rings. The molecule has 1 aliphatic heterocycles. The first-order chi connectivity index (χ1) is 5.04. The first-order valence-electron chi connectivity index (χ1n) is 2.61. The van der Waals surface area contributed by atoms with Crippen molar-refractivity contribution in [1.82, 2.24) is 0 Å². The van der Waals surface area contributed by atoms with E-state index in [1.807, 2.05) is 0 Å². The van der Waals surface area contributed by atoms with Crippen molar-refractivity contribution < 1.29 is 9.18 Å². The first-order valence-corrected chi connectivity index (χ1v) is 3.43. The van der Waals surface area contributed by atoms with Crippen molar-refractivity contribution in [3.05, 3.63) is 10.7 Å². The molecule has 0 aliphatic carbocycles. The number of rotatable bonds is 0. The molecule has 1 aliphatic rings. The Morgan fingerprint density at radius 1 is 1.64 bits per heavy atom. The quantitative estimate of drug-likeness (QED) is 0.586. The highest BCUT2D eigenvalue weighted by Gasteiger charge is 2.28. The fourth-order valence-electron chi connectivity index (χ4n) is 0.566. The molecule has 11 heavy (non-hydrogen) atoms. The predicted octanol–water partition coefficient (Wildman–Crippen LogP) is 0.911. The fraction of sp³-hybridized carbons (Fsp3) is 0.200. The normalized spacial score (nSPS) is 25.5. The Morgan fingerprint density at radius 3 is 2.73 bits per heavy atom. The SMILES string of the molecule is NC1=C(Cl)C(F)=NC(=O)C1Cl. The monoisotopic (exact) mass is 196 g/mol. The molecule has 6 heteroatoms. The van der Waals surface area contributed by atoms with Crippen LogP contribution in [0.15, 0.2) is 15.7 Å². The van der Waals surface area contributed by atoms with Gasteiger partial charge in [0.15, 0.2) is 5.38 Å². The average Bonchev–Trinajstić information content (AvgIpc) is 1.97. The molecule has 0 aromatic rings. The van der Waals surface area contributed by atoms with Gasteiger partial charge in [0, 0.05) is 0 Å². The molecule has 0 aromatic carbocycles. The van der Waals surface area contributed by atoms with E-state index in [0.717, 1.165) is 0 Å². The molecule has 1 unspecified atom stereocenters. The maximum Gasteiger partial charge on any atom is 0.272 e. The number of hydrogen-bond donors (Lipinski definition) is 1. The summed E-state index contributed by atoms with van der Waals surface area (Å²) in [5.74, 6) is -1.91. The smallest absolute Gasteiger partial charge is 0.272 e. The van der Waals surface area contributed by atoms with Crippen LogP contribution in [0.1, 0.15) is 0 Å². The van der Waals surface area contributed by atoms with Gasteiger partial charge in [0.2, 0.25) is 5.97 Å². The van der Waals surface area contributed by atoms with Crippen LogP contribution < -0.4 is 5.73 Å². The van der Waals surface area contributed by atoms with Crippen LogP contribution in [0.4, 0.5) is 4.39 Å². The third kappa shape index (κ3) is 1.36. The van der Waals surface area contributed by atoms with Gasteiger partial charge in [-0.15, -0.1) is 11.6 Å². The number of amides is 1. The van der Waals surface area contributed by atoms with Crippen LogP contribution in [-0.2, 0) is 4.79 Å². The van der Waals surface area contributed by atoms with Crippen LogP contribution >= 0.6 is 23.2 Å². The number of carbonyl (C=O) groups is 1. The molecule has 1 rings (SSSR count). The van der Waals surface area contributed by atoms with Gasteiger partial charge in [0.05, 0.1) is 5.70 Å². The third-order valence-electron chi connectivity index (χ3n) is 1.13. The molecule has 0 spiro atoms. The second-order valence-corrected chi connectivity index (χ2v) is 2.69. The van der Waals surface area contributed by atoms with E-state index >= 15 is 0 Å². The van der Waals surface area contributed by atoms with E-state index in [9.17, 15) is 9.18 Å². The molecule has 0 aromatic heterocycles. The number of halogens is 3. The number of nitrogens with zero attached hydrogens (tertiary/aromatic N) is 1. The van der Waals surface area contributed by atoms with Gasteiger partial charge in [-0.05, 0) is 0 Å². The molecule has 1 heterocycles. The summed E-state index contributed by atoms with van der Waals surface area (Å²) in [4.78, 5) is 13.5. The van der Waals surface area contributed by atoms with Crippen molar-refractivity contribution in [2.24, 2.45) is 10.7 Å². The summed E-state index contributed by atoms with van der Waals surface area (Å²) in [7, 11) is 0. The minimum Gasteiger partial charge on any atom is -0.399 e. The summed E-state index contributed by atoms with van der Waals surface area (Å²) in [5.41, 5.74) is 4.99. The van der Waals surface area contributed by atoms with Gasteiger partial charge in [-0.3, -0.25) is 4.79 Å². The van der Waals surface area contributed by atoms with Gasteiger partial charge < -0.3 is 5.73 Å². The maximum absolute atomic E-state index is 12.5. The van der Waals surface area contributed by atoms with Gasteiger partial charge in [-0.2, -0.15) is 9.38 Å². The molecule has 2 N–H and O–H groups in total. The molecule has 0 saturated carbocycles. The van der Waals surface area contributed by atoms with Crippen molar-refractivity contribution in [2.75, 3.05) is 0 Å². The van der Waals surface area contributed by atoms with Crippen molar-refractivity contribution in [3.8, 4) is 0 Å². The third-order valence-corrected chi connectivity index (χ3v) is 1.93. The summed E-state index contributed by atoms with van der Waals surface area (Å²) >= 11 is 10.7. The number of nitrogens with two attached hydrogens (primary N) is 1. The topological polar surface area (TPSA) is 55.4 Å². The lowest BCUT2D eigenvalue weighted by Crippen LogP contribution is -2.27. The molecule has 3 nitrogen and oxygen atoms in total. The van der Waals surface area contributed by atoms with Crippen LogP contribution in [0.2, 0.25) is 0 Å². The van der Waals surface area contributed by atoms with Crippen LogP contribution in [0, 0.1) is 0 Å². The minimum atomic E-state index is -1.14. The lowest BCUT2D eigenvalue weighted by atomic mass is 10.2. The molecule has 0 bridgehead atoms. The average molecular weight is 197 g/mol. The first kappa shape index (κ1) is 8.49. The minimum absolute atomic E-state index is 0.189. The van der Waals surface area contributed by atoms with Crippen molar-refractivity contribution in [2.45, 2.75) is 5.38 Å². The molecule has 1 atom stereocenters. The van der Waals surface area contributed by atoms with E-state index < -0.39 is 17.2 Å². The van der Waals surface area contributed by atoms with E-state index in [1.54, 1.807) is 0 Å². The van der Waals surface area contributed by atoms with Crippen molar-refractivity contribution >= 4 is 35.1 Å². The summed E-state index contributed by atoms with van der Waals surface area (Å²) in [5, 5.41) is -1.52. The van der Waals surface area contributed by atoms with Crippen molar-refractivity contribution in [1.29, 1.82) is 0 Å². The highest BCUT2D eigenvalue weighted by Crippen LogP contribution is 2.21. The van der Waals surface area contributed by atoms with E-state index in [1.165, 1.54) is 0 Å². The fourth-order valence-corrected chi connectivity index (χ4v) is 0.931. The molecule has 1 amide bonds. The molecule has 0 saturated heterocycles. The highest BCUT2D eigenvalue weighted by molar-refractivity contribution is 6.46. The van der Waals surface area contributed by atoms with Gasteiger partial charge in [0.1, 0.15) is 5.03 Å². The number of carbonyl (C=O) groups excluding carboxylic acids is 1. The van der Waals surface area contributed by atoms with Gasteiger partial charge in [0.25, 0.3) is 5.91 Å². The highest BCUT2D eigenvalue weighted by atomic mass is 35.5. The van der Waals surface area contributed by atoms with Crippen LogP contribution in [0.3, 0.4) is 0 Å². The largest absolute Gasteiger partial charge is 0.399 e. The van der Waals surface area contributed by atoms with Gasteiger partial charge in [-0.25, -0.2) is 0 Å². The van der Waals surface area contributed by atoms with Crippen LogP contribution in [-0.4, -0.2) is 17.2 Å². The Kier molecular flexibility index (Phi) is 2.15. The Hall–Kier alpha value is -0.610. The summed E-state index contributed by atoms with van der Waals surface area (Å²) in [6.07, 6.45) is 0. The summed E-state index contributed by atoms with van der Waals surface area (Å²) in [6.45, 7) is 0. The summed E-state index contributed by atoms with van der Waals surface area (Å²) in [6, 6.07) is 0. The summed E-state index contributed by atoms with van der Waals surface area (Å²) < 4.78 is 12.5. The number of alkyl halides is 1. The Balaban J connectivity index is 3.12. The zero-order chi connectivity index (χ0) is 8.59. The van der Waals surface area contributed by atoms with Gasteiger partial charge in [-0.1, -0.05) is 11.6 Å². The second kappa shape index (κ2) is 2.79.